The number of sulfonamides is 1. The maximum Gasteiger partial charge on any atom is 0.240 e. The van der Waals surface area contributed by atoms with Gasteiger partial charge in [0.05, 0.1) is 11.5 Å². The van der Waals surface area contributed by atoms with Gasteiger partial charge in [0.2, 0.25) is 10.0 Å². The zero-order valence-corrected chi connectivity index (χ0v) is 14.0. The first-order valence-corrected chi connectivity index (χ1v) is 8.77. The molecule has 0 amide bonds. The molecule has 1 aromatic carbocycles. The summed E-state index contributed by atoms with van der Waals surface area (Å²) in [5.41, 5.74) is 1.50. The molecule has 1 heterocycles. The van der Waals surface area contributed by atoms with Crippen molar-refractivity contribution in [3.63, 3.8) is 0 Å². The van der Waals surface area contributed by atoms with Crippen LogP contribution in [-0.2, 0) is 16.6 Å². The number of benzene rings is 1. The van der Waals surface area contributed by atoms with Crippen LogP contribution >= 0.6 is 0 Å². The van der Waals surface area contributed by atoms with Gasteiger partial charge in [-0.05, 0) is 56.2 Å². The Bertz CT molecular complexity index is 722. The zero-order valence-electron chi connectivity index (χ0n) is 13.2. The molecular formula is C16H22N2O3S. The van der Waals surface area contributed by atoms with E-state index >= 15 is 0 Å². The van der Waals surface area contributed by atoms with Gasteiger partial charge in [0.1, 0.15) is 5.75 Å². The molecule has 2 aromatic rings. The van der Waals surface area contributed by atoms with Gasteiger partial charge < -0.3 is 9.30 Å². The molecule has 0 bridgehead atoms. The third-order valence-corrected chi connectivity index (χ3v) is 4.99. The first kappa shape index (κ1) is 16.6. The van der Waals surface area contributed by atoms with Crippen molar-refractivity contribution in [2.24, 2.45) is 0 Å². The standard InChI is InChI=1S/C16H22N2O3S/c1-4-21-15-11-14(3)16(12-13(15)2)22(19,20)17-7-10-18-8-5-6-9-18/h5-6,8-9,11-12,17H,4,7,10H2,1-3H3. The molecule has 0 spiro atoms. The fourth-order valence-electron chi connectivity index (χ4n) is 2.27. The quantitative estimate of drug-likeness (QED) is 0.852. The second kappa shape index (κ2) is 6.98. The lowest BCUT2D eigenvalue weighted by Crippen LogP contribution is -2.27. The van der Waals surface area contributed by atoms with Crippen molar-refractivity contribution in [3.05, 3.63) is 47.8 Å². The predicted octanol–water partition coefficient (Wildman–Crippen LogP) is 2.48. The summed E-state index contributed by atoms with van der Waals surface area (Å²) >= 11 is 0. The Balaban J connectivity index is 2.13. The summed E-state index contributed by atoms with van der Waals surface area (Å²) < 4.78 is 35.0. The van der Waals surface area contributed by atoms with E-state index in [0.29, 0.717) is 30.2 Å². The van der Waals surface area contributed by atoms with Crippen LogP contribution in [0, 0.1) is 13.8 Å². The summed E-state index contributed by atoms with van der Waals surface area (Å²) in [5, 5.41) is 0. The molecule has 0 radical (unpaired) electrons. The maximum absolute atomic E-state index is 12.4. The summed E-state index contributed by atoms with van der Waals surface area (Å²) in [5.74, 6) is 0.728. The fraction of sp³-hybridized carbons (Fsp3) is 0.375. The van der Waals surface area contributed by atoms with Crippen molar-refractivity contribution in [2.75, 3.05) is 13.2 Å². The Kier molecular flexibility index (Phi) is 5.26. The number of nitrogens with one attached hydrogen (secondary N) is 1. The molecule has 0 aliphatic heterocycles. The van der Waals surface area contributed by atoms with Crippen LogP contribution in [0.2, 0.25) is 0 Å². The summed E-state index contributed by atoms with van der Waals surface area (Å²) in [6.07, 6.45) is 3.81. The highest BCUT2D eigenvalue weighted by molar-refractivity contribution is 7.89. The number of ether oxygens (including phenoxy) is 1. The van der Waals surface area contributed by atoms with Crippen molar-refractivity contribution in [1.82, 2.24) is 9.29 Å². The van der Waals surface area contributed by atoms with Crippen molar-refractivity contribution < 1.29 is 13.2 Å². The average molecular weight is 322 g/mol. The Morgan fingerprint density at radius 3 is 2.45 bits per heavy atom. The lowest BCUT2D eigenvalue weighted by atomic mass is 10.1. The van der Waals surface area contributed by atoms with E-state index in [-0.39, 0.29) is 0 Å². The predicted molar refractivity (Wildman–Crippen MR) is 86.7 cm³/mol. The maximum atomic E-state index is 12.4. The molecule has 1 N–H and O–H groups in total. The van der Waals surface area contributed by atoms with Crippen LogP contribution in [0.25, 0.3) is 0 Å². The molecule has 0 fully saturated rings. The van der Waals surface area contributed by atoms with Gasteiger partial charge in [-0.3, -0.25) is 0 Å². The normalized spacial score (nSPS) is 11.6. The van der Waals surface area contributed by atoms with Crippen LogP contribution in [0.1, 0.15) is 18.1 Å². The lowest BCUT2D eigenvalue weighted by Gasteiger charge is -2.14. The van der Waals surface area contributed by atoms with Gasteiger partial charge in [-0.1, -0.05) is 0 Å². The Hall–Kier alpha value is -1.79. The van der Waals surface area contributed by atoms with E-state index in [1.807, 2.05) is 42.9 Å². The number of hydrogen-bond acceptors (Lipinski definition) is 3. The monoisotopic (exact) mass is 322 g/mol. The summed E-state index contributed by atoms with van der Waals surface area (Å²) in [4.78, 5) is 0.306. The molecule has 0 aliphatic rings. The van der Waals surface area contributed by atoms with Gasteiger partial charge >= 0.3 is 0 Å². The minimum absolute atomic E-state index is 0.306. The zero-order chi connectivity index (χ0) is 16.2. The molecule has 1 aromatic heterocycles. The molecule has 0 unspecified atom stereocenters. The third kappa shape index (κ3) is 3.90. The summed E-state index contributed by atoms with van der Waals surface area (Å²) in [7, 11) is -3.52. The number of rotatable bonds is 7. The number of aryl methyl sites for hydroxylation is 2. The molecular weight excluding hydrogens is 300 g/mol. The van der Waals surface area contributed by atoms with Crippen LogP contribution in [-0.4, -0.2) is 26.1 Å². The SMILES string of the molecule is CCOc1cc(C)c(S(=O)(=O)NCCn2cccc2)cc1C. The molecule has 5 nitrogen and oxygen atoms in total. The molecule has 6 heteroatoms. The van der Waals surface area contributed by atoms with E-state index in [0.717, 1.165) is 11.3 Å². The fourth-order valence-corrected chi connectivity index (χ4v) is 3.60. The topological polar surface area (TPSA) is 60.3 Å². The highest BCUT2D eigenvalue weighted by Crippen LogP contribution is 2.25. The second-order valence-electron chi connectivity index (χ2n) is 5.13. The van der Waals surface area contributed by atoms with Crippen LogP contribution in [0.3, 0.4) is 0 Å². The van der Waals surface area contributed by atoms with Crippen molar-refractivity contribution in [2.45, 2.75) is 32.2 Å². The number of nitrogens with zero attached hydrogens (tertiary/aromatic N) is 1. The summed E-state index contributed by atoms with van der Waals surface area (Å²) in [6.45, 7) is 7.04. The van der Waals surface area contributed by atoms with E-state index < -0.39 is 10.0 Å². The molecule has 2 rings (SSSR count). The van der Waals surface area contributed by atoms with E-state index in [4.69, 9.17) is 4.74 Å². The van der Waals surface area contributed by atoms with Crippen LogP contribution in [0.4, 0.5) is 0 Å². The van der Waals surface area contributed by atoms with Crippen molar-refractivity contribution in [3.8, 4) is 5.75 Å². The Morgan fingerprint density at radius 1 is 1.14 bits per heavy atom. The number of aromatic nitrogens is 1. The largest absolute Gasteiger partial charge is 0.494 e. The molecule has 22 heavy (non-hydrogen) atoms. The van der Waals surface area contributed by atoms with E-state index in [2.05, 4.69) is 4.72 Å². The van der Waals surface area contributed by atoms with Gasteiger partial charge in [0.15, 0.2) is 0 Å². The first-order chi connectivity index (χ1) is 10.4. The van der Waals surface area contributed by atoms with Crippen LogP contribution < -0.4 is 9.46 Å². The highest BCUT2D eigenvalue weighted by Gasteiger charge is 2.18. The van der Waals surface area contributed by atoms with Gasteiger partial charge in [-0.15, -0.1) is 0 Å². The Labute approximate surface area is 132 Å². The minimum Gasteiger partial charge on any atom is -0.494 e. The van der Waals surface area contributed by atoms with E-state index in [1.165, 1.54) is 0 Å². The highest BCUT2D eigenvalue weighted by atomic mass is 32.2. The van der Waals surface area contributed by atoms with Crippen molar-refractivity contribution in [1.29, 1.82) is 0 Å². The number of hydrogen-bond donors (Lipinski definition) is 1. The average Bonchev–Trinajstić information content (AvgIpc) is 2.95. The van der Waals surface area contributed by atoms with Crippen LogP contribution in [0.5, 0.6) is 5.75 Å². The van der Waals surface area contributed by atoms with Gasteiger partial charge in [-0.2, -0.15) is 0 Å². The smallest absolute Gasteiger partial charge is 0.240 e. The van der Waals surface area contributed by atoms with E-state index in [9.17, 15) is 8.42 Å². The first-order valence-electron chi connectivity index (χ1n) is 7.28. The van der Waals surface area contributed by atoms with Gasteiger partial charge in [0.25, 0.3) is 0 Å². The molecule has 0 saturated carbocycles. The lowest BCUT2D eigenvalue weighted by molar-refractivity contribution is 0.337. The molecule has 0 atom stereocenters. The summed E-state index contributed by atoms with van der Waals surface area (Å²) in [6, 6.07) is 7.26. The van der Waals surface area contributed by atoms with E-state index in [1.54, 1.807) is 19.1 Å². The molecule has 120 valence electrons. The third-order valence-electron chi connectivity index (χ3n) is 3.39. The second-order valence-corrected chi connectivity index (χ2v) is 6.87. The van der Waals surface area contributed by atoms with Crippen LogP contribution in [0.15, 0.2) is 41.6 Å². The van der Waals surface area contributed by atoms with Crippen molar-refractivity contribution >= 4 is 10.0 Å². The van der Waals surface area contributed by atoms with Gasteiger partial charge in [0, 0.05) is 25.5 Å². The van der Waals surface area contributed by atoms with Gasteiger partial charge in [-0.25, -0.2) is 13.1 Å². The molecule has 0 saturated heterocycles. The Morgan fingerprint density at radius 2 is 1.82 bits per heavy atom. The minimum atomic E-state index is -3.52. The molecule has 0 aliphatic carbocycles.